The van der Waals surface area contributed by atoms with Gasteiger partial charge in [0.2, 0.25) is 27.7 Å². The largest absolute Gasteiger partial charge is 0.491 e. The van der Waals surface area contributed by atoms with Gasteiger partial charge in [0.1, 0.15) is 46.5 Å². The van der Waals surface area contributed by atoms with Crippen LogP contribution in [0.4, 0.5) is 9.18 Å². The minimum Gasteiger partial charge on any atom is -0.491 e. The van der Waals surface area contributed by atoms with Crippen LogP contribution in [0.2, 0.25) is 0 Å². The van der Waals surface area contributed by atoms with Gasteiger partial charge in [-0.15, -0.1) is 0 Å². The Hall–Kier alpha value is -4.47. The summed E-state index contributed by atoms with van der Waals surface area (Å²) < 4.78 is 58.9. The number of alkyl halides is 1. The number of hydrogen-bond acceptors (Lipinski definition) is 10. The van der Waals surface area contributed by atoms with Crippen molar-refractivity contribution in [2.45, 2.75) is 126 Å². The summed E-state index contributed by atoms with van der Waals surface area (Å²) in [4.78, 5) is 62.9. The number of benzene rings is 1. The number of sulfonamides is 1. The molecule has 310 valence electrons. The number of ether oxygens (including phenoxy) is 3. The van der Waals surface area contributed by atoms with Crippen molar-refractivity contribution < 1.29 is 46.2 Å². The minimum atomic E-state index is -4.38. The first kappa shape index (κ1) is 40.7. The molecule has 0 bridgehead atoms. The topological polar surface area (TPSA) is 182 Å². The van der Waals surface area contributed by atoms with E-state index in [4.69, 9.17) is 19.2 Å². The number of aromatic nitrogens is 1. The predicted octanol–water partition coefficient (Wildman–Crippen LogP) is 4.64. The molecule has 2 aliphatic carbocycles. The Balaban J connectivity index is 1.24. The Kier molecular flexibility index (Phi) is 11.0. The number of aryl methyl sites for hydroxylation is 1. The van der Waals surface area contributed by atoms with Crippen LogP contribution in [0, 0.1) is 17.8 Å². The SMILES string of the molecule is C[C@H]1CC/C=C\C2C[C@@]2(C(=O)NS(=O)(=O)C2(CF)CC2)NC(=O)[C@@H]2C[C@@H](Oc3nc4c(c5ccccc35)OCCC4)CN2C(=O)[C@@H](NC(=O)OC(C)(C)C)[C@H](C)C1. The molecule has 1 aromatic heterocycles. The van der Waals surface area contributed by atoms with E-state index >= 15 is 0 Å². The third-order valence-corrected chi connectivity index (χ3v) is 14.0. The van der Waals surface area contributed by atoms with E-state index in [1.165, 1.54) is 4.90 Å². The molecular formula is C41H54FN5O9S. The van der Waals surface area contributed by atoms with E-state index in [-0.39, 0.29) is 44.1 Å². The average molecular weight is 812 g/mol. The van der Waals surface area contributed by atoms with Crippen LogP contribution in [-0.4, -0.2) is 96.0 Å². The molecule has 1 aromatic carbocycles. The molecule has 3 N–H and O–H groups in total. The molecule has 2 saturated carbocycles. The molecule has 1 unspecified atom stereocenters. The molecule has 16 heteroatoms. The lowest BCUT2D eigenvalue weighted by Gasteiger charge is -2.33. The van der Waals surface area contributed by atoms with Crippen LogP contribution in [0.15, 0.2) is 36.4 Å². The zero-order valence-corrected chi connectivity index (χ0v) is 34.1. The molecule has 3 aliphatic heterocycles. The van der Waals surface area contributed by atoms with Crippen molar-refractivity contribution >= 4 is 44.6 Å². The van der Waals surface area contributed by atoms with E-state index in [1.807, 2.05) is 43.3 Å². The molecule has 2 aromatic rings. The lowest BCUT2D eigenvalue weighted by molar-refractivity contribution is -0.142. The smallest absolute Gasteiger partial charge is 0.408 e. The van der Waals surface area contributed by atoms with Gasteiger partial charge in [0.15, 0.2) is 0 Å². The van der Waals surface area contributed by atoms with E-state index in [9.17, 15) is 32.0 Å². The van der Waals surface area contributed by atoms with E-state index in [2.05, 4.69) is 22.3 Å². The number of halogens is 1. The normalized spacial score (nSPS) is 30.5. The second-order valence-corrected chi connectivity index (χ2v) is 19.7. The number of nitrogens with one attached hydrogen (secondary N) is 3. The van der Waals surface area contributed by atoms with Crippen molar-refractivity contribution in [1.82, 2.24) is 25.2 Å². The van der Waals surface area contributed by atoms with Crippen molar-refractivity contribution in [1.29, 1.82) is 0 Å². The van der Waals surface area contributed by atoms with Gasteiger partial charge in [-0.1, -0.05) is 44.2 Å². The van der Waals surface area contributed by atoms with Crippen LogP contribution in [0.5, 0.6) is 11.6 Å². The molecule has 3 fully saturated rings. The van der Waals surface area contributed by atoms with Gasteiger partial charge in [-0.2, -0.15) is 0 Å². The van der Waals surface area contributed by atoms with E-state index in [0.717, 1.165) is 23.9 Å². The third kappa shape index (κ3) is 8.28. The van der Waals surface area contributed by atoms with Crippen molar-refractivity contribution in [3.63, 3.8) is 0 Å². The molecule has 0 radical (unpaired) electrons. The van der Waals surface area contributed by atoms with Gasteiger partial charge < -0.3 is 29.7 Å². The average Bonchev–Trinajstić information content (AvgIpc) is 4.06. The quantitative estimate of drug-likeness (QED) is 0.334. The van der Waals surface area contributed by atoms with Gasteiger partial charge >= 0.3 is 6.09 Å². The van der Waals surface area contributed by atoms with E-state index < -0.39 is 80.5 Å². The summed E-state index contributed by atoms with van der Waals surface area (Å²) in [6.45, 7) is 8.51. The number of pyridine rings is 1. The Labute approximate surface area is 333 Å². The first-order valence-corrected chi connectivity index (χ1v) is 21.6. The van der Waals surface area contributed by atoms with Crippen molar-refractivity contribution in [3.8, 4) is 11.6 Å². The predicted molar refractivity (Wildman–Crippen MR) is 209 cm³/mol. The maximum absolute atomic E-state index is 14.9. The molecule has 14 nitrogen and oxygen atoms in total. The molecule has 0 spiro atoms. The Morgan fingerprint density at radius 3 is 2.56 bits per heavy atom. The van der Waals surface area contributed by atoms with Crippen LogP contribution < -0.4 is 24.8 Å². The van der Waals surface area contributed by atoms with Crippen LogP contribution >= 0.6 is 0 Å². The molecule has 4 amide bonds. The van der Waals surface area contributed by atoms with Crippen LogP contribution in [0.3, 0.4) is 0 Å². The number of alkyl carbamates (subject to hydrolysis) is 1. The second-order valence-electron chi connectivity index (χ2n) is 17.6. The lowest BCUT2D eigenvalue weighted by atomic mass is 9.88. The van der Waals surface area contributed by atoms with E-state index in [1.54, 1.807) is 20.8 Å². The molecule has 7 rings (SSSR count). The van der Waals surface area contributed by atoms with Crippen LogP contribution in [-0.2, 0) is 35.6 Å². The summed E-state index contributed by atoms with van der Waals surface area (Å²) in [5, 5.41) is 7.19. The van der Waals surface area contributed by atoms with Gasteiger partial charge in [-0.3, -0.25) is 19.1 Å². The first-order valence-electron chi connectivity index (χ1n) is 20.1. The van der Waals surface area contributed by atoms with Crippen molar-refractivity contribution in [2.24, 2.45) is 17.8 Å². The molecule has 57 heavy (non-hydrogen) atoms. The number of nitrogens with zero attached hydrogens (tertiary/aromatic N) is 2. The minimum absolute atomic E-state index is 0.00652. The fraction of sp³-hybridized carbons (Fsp3) is 0.634. The number of carbonyl (C=O) groups excluding carboxylic acids is 4. The van der Waals surface area contributed by atoms with Crippen LogP contribution in [0.25, 0.3) is 10.8 Å². The Morgan fingerprint density at radius 1 is 1.12 bits per heavy atom. The Bertz CT molecular complexity index is 2070. The first-order chi connectivity index (χ1) is 27.0. The maximum atomic E-state index is 14.9. The monoisotopic (exact) mass is 811 g/mol. The lowest BCUT2D eigenvalue weighted by Crippen LogP contribution is -2.59. The molecular weight excluding hydrogens is 758 g/mol. The van der Waals surface area contributed by atoms with Crippen molar-refractivity contribution in [3.05, 3.63) is 42.1 Å². The van der Waals surface area contributed by atoms with E-state index in [0.29, 0.717) is 42.9 Å². The number of fused-ring (bicyclic) bond motifs is 5. The highest BCUT2D eigenvalue weighted by Crippen LogP contribution is 2.48. The maximum Gasteiger partial charge on any atom is 0.408 e. The van der Waals surface area contributed by atoms with Gasteiger partial charge in [-0.05, 0) is 90.0 Å². The van der Waals surface area contributed by atoms with Gasteiger partial charge in [0.05, 0.1) is 18.8 Å². The standard InChI is InChI=1S/C41H54FN5O9S/c1-24-11-6-7-12-26-21-41(26,37(50)46-57(52,53)40(23-42)16-17-40)45-34(48)31-20-27(22-47(31)36(49)32(25(2)19-24)44-38(51)56-39(3,4)5)55-35-29-14-9-8-13-28(29)33-30(43-35)15-10-18-54-33/h7-9,12-14,24-27,31-32H,6,10-11,15-23H2,1-5H3,(H,44,51)(H,45,48)(H,46,50)/b12-7-/t24-,25+,26?,27+,31-,32-,41+/m0/s1. The van der Waals surface area contributed by atoms with Crippen molar-refractivity contribution in [2.75, 3.05) is 19.8 Å². The highest BCUT2D eigenvalue weighted by Gasteiger charge is 2.64. The fourth-order valence-electron chi connectivity index (χ4n) is 8.43. The number of allylic oxidation sites excluding steroid dienone is 1. The summed E-state index contributed by atoms with van der Waals surface area (Å²) in [6.07, 6.45) is 5.92. The third-order valence-electron chi connectivity index (χ3n) is 11.9. The number of amides is 4. The van der Waals surface area contributed by atoms with Gasteiger partial charge in [-0.25, -0.2) is 22.6 Å². The summed E-state index contributed by atoms with van der Waals surface area (Å²) in [6, 6.07) is 5.31. The van der Waals surface area contributed by atoms with Crippen LogP contribution in [0.1, 0.15) is 91.7 Å². The summed E-state index contributed by atoms with van der Waals surface area (Å²) in [5.41, 5.74) is -1.74. The highest BCUT2D eigenvalue weighted by atomic mass is 32.2. The van der Waals surface area contributed by atoms with Gasteiger partial charge in [0.25, 0.3) is 5.91 Å². The summed E-state index contributed by atoms with van der Waals surface area (Å²) in [7, 11) is -4.38. The highest BCUT2D eigenvalue weighted by molar-refractivity contribution is 7.91. The summed E-state index contributed by atoms with van der Waals surface area (Å²) >= 11 is 0. The zero-order valence-electron chi connectivity index (χ0n) is 33.3. The summed E-state index contributed by atoms with van der Waals surface area (Å²) in [5.74, 6) is -1.91. The molecule has 4 heterocycles. The zero-order chi connectivity index (χ0) is 40.9. The van der Waals surface area contributed by atoms with Gasteiger partial charge in [0, 0.05) is 23.1 Å². The molecule has 1 saturated heterocycles. The number of carbonyl (C=O) groups is 4. The second kappa shape index (κ2) is 15.4. The number of rotatable bonds is 7. The number of hydrogen-bond donors (Lipinski definition) is 3. The molecule has 7 atom stereocenters. The Morgan fingerprint density at radius 2 is 1.86 bits per heavy atom. The molecule has 5 aliphatic rings. The fourth-order valence-corrected chi connectivity index (χ4v) is 9.86.